The van der Waals surface area contributed by atoms with Crippen molar-refractivity contribution in [1.29, 1.82) is 0 Å². The minimum absolute atomic E-state index is 0.0302. The van der Waals surface area contributed by atoms with Crippen molar-refractivity contribution in [2.24, 2.45) is 14.1 Å². The fourth-order valence-electron chi connectivity index (χ4n) is 4.00. The average molecular weight is 448 g/mol. The first-order valence-corrected chi connectivity index (χ1v) is 11.7. The Bertz CT molecular complexity index is 1110. The number of aryl methyl sites for hydroxylation is 1. The third-order valence-electron chi connectivity index (χ3n) is 6.04. The quantitative estimate of drug-likeness (QED) is 0.529. The van der Waals surface area contributed by atoms with Gasteiger partial charge in [0.25, 0.3) is 5.56 Å². The van der Waals surface area contributed by atoms with Gasteiger partial charge in [-0.2, -0.15) is 0 Å². The molecule has 0 N–H and O–H groups in total. The van der Waals surface area contributed by atoms with Crippen molar-refractivity contribution in [2.75, 3.05) is 7.05 Å². The van der Waals surface area contributed by atoms with E-state index in [1.807, 2.05) is 39.6 Å². The third-order valence-corrected chi connectivity index (χ3v) is 7.12. The van der Waals surface area contributed by atoms with Crippen LogP contribution < -0.4 is 11.2 Å². The van der Waals surface area contributed by atoms with E-state index in [2.05, 4.69) is 4.98 Å². The van der Waals surface area contributed by atoms with Crippen LogP contribution in [0.15, 0.2) is 14.6 Å². The van der Waals surface area contributed by atoms with Gasteiger partial charge in [-0.15, -0.1) is 0 Å². The molecule has 31 heavy (non-hydrogen) atoms. The molecule has 1 saturated carbocycles. The predicted octanol–water partition coefficient (Wildman–Crippen LogP) is 2.60. The van der Waals surface area contributed by atoms with Gasteiger partial charge in [-0.3, -0.25) is 18.7 Å². The van der Waals surface area contributed by atoms with E-state index in [9.17, 15) is 14.4 Å². The Labute approximate surface area is 187 Å². The van der Waals surface area contributed by atoms with E-state index >= 15 is 0 Å². The molecule has 1 aliphatic carbocycles. The third kappa shape index (κ3) is 4.56. The van der Waals surface area contributed by atoms with Crippen LogP contribution in [0.2, 0.25) is 0 Å². The molecule has 1 atom stereocenters. The van der Waals surface area contributed by atoms with E-state index in [0.717, 1.165) is 30.3 Å². The smallest absolute Gasteiger partial charge is 0.332 e. The number of fused-ring (bicyclic) bond motifs is 1. The van der Waals surface area contributed by atoms with Gasteiger partial charge >= 0.3 is 5.69 Å². The highest BCUT2D eigenvalue weighted by Gasteiger charge is 2.29. The average Bonchev–Trinajstić information content (AvgIpc) is 2.74. The molecule has 0 aromatic carbocycles. The van der Waals surface area contributed by atoms with Gasteiger partial charge in [0.05, 0.1) is 5.25 Å². The van der Waals surface area contributed by atoms with Gasteiger partial charge in [-0.1, -0.05) is 51.8 Å². The van der Waals surface area contributed by atoms with Gasteiger partial charge in [0, 0.05) is 32.6 Å². The lowest BCUT2D eigenvalue weighted by Gasteiger charge is -2.32. The lowest BCUT2D eigenvalue weighted by Crippen LogP contribution is -2.42. The van der Waals surface area contributed by atoms with Crippen LogP contribution in [0.1, 0.15) is 65.6 Å². The molecular weight excluding hydrogens is 414 g/mol. The highest BCUT2D eigenvalue weighted by Crippen LogP contribution is 2.31. The zero-order valence-corrected chi connectivity index (χ0v) is 20.4. The summed E-state index contributed by atoms with van der Waals surface area (Å²) in [5.41, 5.74) is -0.961. The number of nitrogens with zero attached hydrogens (tertiary/aromatic N) is 5. The molecule has 0 saturated heterocycles. The Morgan fingerprint density at radius 2 is 1.71 bits per heavy atom. The van der Waals surface area contributed by atoms with Crippen molar-refractivity contribution >= 4 is 28.7 Å². The molecule has 8 nitrogen and oxygen atoms in total. The van der Waals surface area contributed by atoms with Gasteiger partial charge in [0.15, 0.2) is 5.65 Å². The van der Waals surface area contributed by atoms with Crippen LogP contribution in [0, 0.1) is 0 Å². The Balaban J connectivity index is 2.07. The molecule has 0 unspecified atom stereocenters. The molecule has 0 aliphatic heterocycles. The topological polar surface area (TPSA) is 90.1 Å². The molecule has 1 aliphatic rings. The normalized spacial score (nSPS) is 16.5. The first kappa shape index (κ1) is 23.5. The van der Waals surface area contributed by atoms with E-state index in [1.165, 1.54) is 29.8 Å². The van der Waals surface area contributed by atoms with Crippen LogP contribution >= 0.6 is 11.8 Å². The second kappa shape index (κ2) is 8.76. The number of carbonyl (C=O) groups is 1. The van der Waals surface area contributed by atoms with Crippen molar-refractivity contribution < 1.29 is 4.79 Å². The molecule has 0 bridgehead atoms. The molecule has 2 heterocycles. The summed E-state index contributed by atoms with van der Waals surface area (Å²) in [6.45, 7) is 7.79. The SMILES string of the molecule is C[C@@H](Sc1nc(C(C)(C)C)nc2c1c(=O)n(C)c(=O)n2C)C(=O)N(C)C1CCCCC1. The van der Waals surface area contributed by atoms with Crippen LogP contribution in [0.5, 0.6) is 0 Å². The Kier molecular flexibility index (Phi) is 6.64. The molecule has 170 valence electrons. The van der Waals surface area contributed by atoms with Crippen LogP contribution in [0.4, 0.5) is 0 Å². The summed E-state index contributed by atoms with van der Waals surface area (Å²) in [5, 5.41) is 0.311. The minimum Gasteiger partial charge on any atom is -0.342 e. The molecule has 9 heteroatoms. The van der Waals surface area contributed by atoms with Gasteiger partial charge in [0.2, 0.25) is 5.91 Å². The Hall–Kier alpha value is -2.16. The van der Waals surface area contributed by atoms with Crippen molar-refractivity contribution in [3.63, 3.8) is 0 Å². The van der Waals surface area contributed by atoms with E-state index in [-0.39, 0.29) is 22.8 Å². The van der Waals surface area contributed by atoms with E-state index in [1.54, 1.807) is 7.05 Å². The van der Waals surface area contributed by atoms with E-state index in [0.29, 0.717) is 16.5 Å². The fourth-order valence-corrected chi connectivity index (χ4v) is 5.04. The van der Waals surface area contributed by atoms with Crippen LogP contribution in [0.3, 0.4) is 0 Å². The number of thioether (sulfide) groups is 1. The summed E-state index contributed by atoms with van der Waals surface area (Å²) >= 11 is 1.27. The van der Waals surface area contributed by atoms with Gasteiger partial charge in [-0.25, -0.2) is 14.8 Å². The zero-order valence-electron chi connectivity index (χ0n) is 19.6. The maximum absolute atomic E-state index is 13.2. The van der Waals surface area contributed by atoms with Gasteiger partial charge in [0.1, 0.15) is 16.2 Å². The van der Waals surface area contributed by atoms with Crippen molar-refractivity contribution in [3.05, 3.63) is 26.7 Å². The fraction of sp³-hybridized carbons (Fsp3) is 0.682. The monoisotopic (exact) mass is 447 g/mol. The molecule has 0 radical (unpaired) electrons. The van der Waals surface area contributed by atoms with Crippen LogP contribution in [-0.2, 0) is 24.3 Å². The van der Waals surface area contributed by atoms with Crippen molar-refractivity contribution in [3.8, 4) is 0 Å². The molecule has 2 aromatic rings. The number of aromatic nitrogens is 4. The first-order valence-electron chi connectivity index (χ1n) is 10.8. The summed E-state index contributed by atoms with van der Waals surface area (Å²) in [6.07, 6.45) is 5.60. The van der Waals surface area contributed by atoms with Gasteiger partial charge in [-0.05, 0) is 19.8 Å². The second-order valence-electron chi connectivity index (χ2n) is 9.51. The lowest BCUT2D eigenvalue weighted by molar-refractivity contribution is -0.131. The van der Waals surface area contributed by atoms with Crippen LogP contribution in [0.25, 0.3) is 11.0 Å². The number of hydrogen-bond acceptors (Lipinski definition) is 6. The molecular formula is C22H33N5O3S. The maximum Gasteiger partial charge on any atom is 0.332 e. The van der Waals surface area contributed by atoms with Crippen molar-refractivity contribution in [1.82, 2.24) is 24.0 Å². The first-order chi connectivity index (χ1) is 14.4. The number of amides is 1. The molecule has 1 fully saturated rings. The molecule has 2 aromatic heterocycles. The molecule has 1 amide bonds. The van der Waals surface area contributed by atoms with Crippen molar-refractivity contribution in [2.45, 2.75) is 81.5 Å². The summed E-state index contributed by atoms with van der Waals surface area (Å²) in [5.74, 6) is 0.564. The summed E-state index contributed by atoms with van der Waals surface area (Å²) in [7, 11) is 4.92. The second-order valence-corrected chi connectivity index (χ2v) is 10.8. The summed E-state index contributed by atoms with van der Waals surface area (Å²) < 4.78 is 2.44. The number of hydrogen-bond donors (Lipinski definition) is 0. The maximum atomic E-state index is 13.2. The highest BCUT2D eigenvalue weighted by molar-refractivity contribution is 8.00. The summed E-state index contributed by atoms with van der Waals surface area (Å²) in [4.78, 5) is 49.7. The zero-order chi connectivity index (χ0) is 23.1. The minimum atomic E-state index is -0.443. The van der Waals surface area contributed by atoms with Gasteiger partial charge < -0.3 is 4.90 Å². The molecule has 0 spiro atoms. The Morgan fingerprint density at radius 1 is 1.10 bits per heavy atom. The lowest BCUT2D eigenvalue weighted by atomic mass is 9.94. The number of carbonyl (C=O) groups excluding carboxylic acids is 1. The number of rotatable bonds is 4. The highest BCUT2D eigenvalue weighted by atomic mass is 32.2. The van der Waals surface area contributed by atoms with E-state index in [4.69, 9.17) is 4.98 Å². The predicted molar refractivity (Wildman–Crippen MR) is 124 cm³/mol. The standard InChI is InChI=1S/C22H33N5O3S/c1-13(18(28)25(5)14-11-9-8-10-12-14)31-17-15-16(23-20(24-17)22(2,3)4)26(6)21(30)27(7)19(15)29/h13-14H,8-12H2,1-7H3/t13-/m1/s1. The largest absolute Gasteiger partial charge is 0.342 e. The molecule has 3 rings (SSSR count). The van der Waals surface area contributed by atoms with Crippen LogP contribution in [-0.4, -0.2) is 48.2 Å². The summed E-state index contributed by atoms with van der Waals surface area (Å²) in [6, 6.07) is 0.269. The Morgan fingerprint density at radius 3 is 2.29 bits per heavy atom. The van der Waals surface area contributed by atoms with E-state index < -0.39 is 16.5 Å².